The van der Waals surface area contributed by atoms with E-state index in [-0.39, 0.29) is 30.8 Å². The highest BCUT2D eigenvalue weighted by atomic mass is 35.5. The highest BCUT2D eigenvalue weighted by Gasteiger charge is 2.44. The number of nitrogens with zero attached hydrogens (tertiary/aromatic N) is 3. The largest absolute Gasteiger partial charge is 0.416 e. The maximum atomic E-state index is 13.5. The summed E-state index contributed by atoms with van der Waals surface area (Å²) in [7, 11) is -3.73. The van der Waals surface area contributed by atoms with Gasteiger partial charge in [0, 0.05) is 50.2 Å². The zero-order valence-corrected chi connectivity index (χ0v) is 23.9. The zero-order chi connectivity index (χ0) is 29.4. The number of amides is 2. The van der Waals surface area contributed by atoms with E-state index in [0.717, 1.165) is 17.7 Å². The van der Waals surface area contributed by atoms with Crippen molar-refractivity contribution >= 4 is 33.6 Å². The Morgan fingerprint density at radius 1 is 0.951 bits per heavy atom. The Balaban J connectivity index is 1.16. The maximum Gasteiger partial charge on any atom is 0.416 e. The summed E-state index contributed by atoms with van der Waals surface area (Å²) in [5.41, 5.74) is 0.741. The van der Waals surface area contributed by atoms with Crippen molar-refractivity contribution in [3.05, 3.63) is 70.2 Å². The van der Waals surface area contributed by atoms with Gasteiger partial charge >= 0.3 is 6.18 Å². The van der Waals surface area contributed by atoms with Crippen molar-refractivity contribution in [2.45, 2.75) is 50.4 Å². The minimum atomic E-state index is -4.44. The third-order valence-electron chi connectivity index (χ3n) is 8.14. The van der Waals surface area contributed by atoms with Crippen LogP contribution in [0.25, 0.3) is 0 Å². The summed E-state index contributed by atoms with van der Waals surface area (Å²) < 4.78 is 67.9. The molecule has 3 saturated heterocycles. The smallest absolute Gasteiger partial charge is 0.350 e. The second kappa shape index (κ2) is 11.9. The van der Waals surface area contributed by atoms with Crippen LogP contribution in [0.1, 0.15) is 48.3 Å². The predicted molar refractivity (Wildman–Crippen MR) is 147 cm³/mol. The standard InChI is InChI=1S/C28H32ClF3N4O4S/c29-24-6-1-4-20(14-24)22-17-35(18-22)41(39,40)34-12-2-5-21(16-34)27(38)36-13-3-7-25(36)26(37)33-15-19-8-10-23(11-9-19)28(30,31)32/h1,4,6,8-11,14,21-22,25H,2-3,5,7,12-13,15-18H2,(H,33,37)/t21-,25+/m0/s1. The van der Waals surface area contributed by atoms with Gasteiger partial charge in [-0.15, -0.1) is 0 Å². The molecule has 1 N–H and O–H groups in total. The Labute approximate surface area is 242 Å². The number of carbonyl (C=O) groups excluding carboxylic acids is 2. The second-order valence-electron chi connectivity index (χ2n) is 10.9. The normalized spacial score (nSPS) is 22.9. The molecule has 41 heavy (non-hydrogen) atoms. The van der Waals surface area contributed by atoms with Crippen LogP contribution in [-0.4, -0.2) is 72.5 Å². The number of alkyl halides is 3. The lowest BCUT2D eigenvalue weighted by Crippen LogP contribution is -2.57. The summed E-state index contributed by atoms with van der Waals surface area (Å²) in [6.45, 7) is 1.54. The van der Waals surface area contributed by atoms with Crippen LogP contribution in [-0.2, 0) is 32.5 Å². The molecule has 8 nitrogen and oxygen atoms in total. The fraction of sp³-hybridized carbons (Fsp3) is 0.500. The van der Waals surface area contributed by atoms with Crippen LogP contribution in [0.3, 0.4) is 0 Å². The molecule has 13 heteroatoms. The molecule has 5 rings (SSSR count). The van der Waals surface area contributed by atoms with E-state index in [0.29, 0.717) is 62.4 Å². The fourth-order valence-corrected chi connectivity index (χ4v) is 7.76. The van der Waals surface area contributed by atoms with Crippen molar-refractivity contribution in [2.24, 2.45) is 5.92 Å². The van der Waals surface area contributed by atoms with Crippen molar-refractivity contribution in [3.63, 3.8) is 0 Å². The Hall–Kier alpha value is -2.67. The molecule has 3 aliphatic rings. The first-order valence-electron chi connectivity index (χ1n) is 13.7. The lowest BCUT2D eigenvalue weighted by Gasteiger charge is -2.43. The zero-order valence-electron chi connectivity index (χ0n) is 22.3. The molecule has 0 unspecified atom stereocenters. The van der Waals surface area contributed by atoms with E-state index in [9.17, 15) is 31.2 Å². The molecule has 0 aliphatic carbocycles. The Kier molecular flexibility index (Phi) is 8.66. The van der Waals surface area contributed by atoms with Gasteiger partial charge in [-0.05, 0) is 61.1 Å². The number of likely N-dealkylation sites (tertiary alicyclic amines) is 1. The number of hydrogen-bond donors (Lipinski definition) is 1. The number of rotatable bonds is 7. The molecule has 0 spiro atoms. The first kappa shape index (κ1) is 29.8. The van der Waals surface area contributed by atoms with E-state index in [1.807, 2.05) is 18.2 Å². The van der Waals surface area contributed by atoms with Crippen molar-refractivity contribution in [2.75, 3.05) is 32.7 Å². The molecule has 2 aromatic carbocycles. The Morgan fingerprint density at radius 3 is 2.34 bits per heavy atom. The summed E-state index contributed by atoms with van der Waals surface area (Å²) in [5.74, 6) is -1.09. The van der Waals surface area contributed by atoms with Crippen LogP contribution in [0.4, 0.5) is 13.2 Å². The van der Waals surface area contributed by atoms with Crippen LogP contribution in [0.5, 0.6) is 0 Å². The van der Waals surface area contributed by atoms with Gasteiger partial charge in [-0.1, -0.05) is 35.9 Å². The van der Waals surface area contributed by atoms with Crippen molar-refractivity contribution in [1.29, 1.82) is 0 Å². The maximum absolute atomic E-state index is 13.5. The average molecular weight is 613 g/mol. The molecule has 0 bridgehead atoms. The highest BCUT2D eigenvalue weighted by Crippen LogP contribution is 2.34. The number of piperidine rings is 1. The van der Waals surface area contributed by atoms with Gasteiger partial charge in [-0.2, -0.15) is 30.2 Å². The van der Waals surface area contributed by atoms with Crippen LogP contribution < -0.4 is 5.32 Å². The van der Waals surface area contributed by atoms with Gasteiger partial charge in [-0.3, -0.25) is 9.59 Å². The molecule has 2 amide bonds. The van der Waals surface area contributed by atoms with E-state index in [4.69, 9.17) is 11.6 Å². The van der Waals surface area contributed by atoms with Crippen molar-refractivity contribution < 1.29 is 31.2 Å². The number of hydrogen-bond acceptors (Lipinski definition) is 4. The van der Waals surface area contributed by atoms with Gasteiger partial charge in [0.1, 0.15) is 6.04 Å². The van der Waals surface area contributed by atoms with E-state index in [1.54, 1.807) is 6.07 Å². The summed E-state index contributed by atoms with van der Waals surface area (Å²) in [5, 5.41) is 3.34. The van der Waals surface area contributed by atoms with E-state index in [1.165, 1.54) is 25.6 Å². The molecular formula is C28H32ClF3N4O4S. The second-order valence-corrected chi connectivity index (χ2v) is 13.2. The molecule has 0 aromatic heterocycles. The molecule has 2 aromatic rings. The monoisotopic (exact) mass is 612 g/mol. The quantitative estimate of drug-likeness (QED) is 0.512. The van der Waals surface area contributed by atoms with Gasteiger partial charge in [0.25, 0.3) is 10.2 Å². The number of halogens is 4. The third-order valence-corrected chi connectivity index (χ3v) is 10.3. The van der Waals surface area contributed by atoms with Crippen molar-refractivity contribution in [1.82, 2.24) is 18.8 Å². The minimum Gasteiger partial charge on any atom is -0.350 e. The predicted octanol–water partition coefficient (Wildman–Crippen LogP) is 4.02. The summed E-state index contributed by atoms with van der Waals surface area (Å²) >= 11 is 6.08. The average Bonchev–Trinajstić information content (AvgIpc) is 3.40. The number of nitrogens with one attached hydrogen (secondary N) is 1. The topological polar surface area (TPSA) is 90.0 Å². The van der Waals surface area contributed by atoms with Crippen molar-refractivity contribution in [3.8, 4) is 0 Å². The van der Waals surface area contributed by atoms with E-state index >= 15 is 0 Å². The molecule has 2 atom stereocenters. The molecule has 3 aliphatic heterocycles. The first-order valence-corrected chi connectivity index (χ1v) is 15.5. The summed E-state index contributed by atoms with van der Waals surface area (Å²) in [6.07, 6.45) is -2.25. The van der Waals surface area contributed by atoms with Gasteiger partial charge in [-0.25, -0.2) is 0 Å². The molecule has 222 valence electrons. The summed E-state index contributed by atoms with van der Waals surface area (Å²) in [4.78, 5) is 28.0. The van der Waals surface area contributed by atoms with Crippen LogP contribution in [0, 0.1) is 5.92 Å². The van der Waals surface area contributed by atoms with Gasteiger partial charge in [0.2, 0.25) is 11.8 Å². The molecular weight excluding hydrogens is 581 g/mol. The van der Waals surface area contributed by atoms with Gasteiger partial charge in [0.15, 0.2) is 0 Å². The molecule has 3 heterocycles. The Morgan fingerprint density at radius 2 is 1.66 bits per heavy atom. The number of benzene rings is 2. The lowest BCUT2D eigenvalue weighted by atomic mass is 9.94. The molecule has 3 fully saturated rings. The van der Waals surface area contributed by atoms with E-state index in [2.05, 4.69) is 5.32 Å². The van der Waals surface area contributed by atoms with Gasteiger partial charge < -0.3 is 10.2 Å². The van der Waals surface area contributed by atoms with Crippen LogP contribution >= 0.6 is 11.6 Å². The number of carbonyl (C=O) groups is 2. The minimum absolute atomic E-state index is 0.0387. The molecule has 0 saturated carbocycles. The Bertz CT molecular complexity index is 1380. The summed E-state index contributed by atoms with van der Waals surface area (Å²) in [6, 6.07) is 11.3. The van der Waals surface area contributed by atoms with Crippen LogP contribution in [0.15, 0.2) is 48.5 Å². The first-order chi connectivity index (χ1) is 19.4. The SMILES string of the molecule is O=C(NCc1ccc(C(F)(F)F)cc1)[C@H]1CCCN1C(=O)[C@H]1CCCN(S(=O)(=O)N2CC(c3cccc(Cl)c3)C2)C1. The fourth-order valence-electron chi connectivity index (χ4n) is 5.77. The third kappa shape index (κ3) is 6.55. The van der Waals surface area contributed by atoms with Crippen LogP contribution in [0.2, 0.25) is 5.02 Å². The highest BCUT2D eigenvalue weighted by molar-refractivity contribution is 7.86. The van der Waals surface area contributed by atoms with E-state index < -0.39 is 33.9 Å². The van der Waals surface area contributed by atoms with Gasteiger partial charge in [0.05, 0.1) is 11.5 Å². The lowest BCUT2D eigenvalue weighted by molar-refractivity contribution is -0.142. The molecule has 0 radical (unpaired) electrons.